The van der Waals surface area contributed by atoms with Crippen LogP contribution in [0.25, 0.3) is 10.1 Å². The predicted molar refractivity (Wildman–Crippen MR) is 84.3 cm³/mol. The van der Waals surface area contributed by atoms with E-state index in [1.165, 1.54) is 29.9 Å². The van der Waals surface area contributed by atoms with Gasteiger partial charge in [0, 0.05) is 17.8 Å². The number of nitrogens with one attached hydrogen (secondary N) is 1. The number of piperidine rings is 1. The van der Waals surface area contributed by atoms with Crippen LogP contribution in [0.2, 0.25) is 0 Å². The molecule has 1 fully saturated rings. The van der Waals surface area contributed by atoms with Crippen molar-refractivity contribution in [3.05, 3.63) is 35.0 Å². The van der Waals surface area contributed by atoms with Crippen LogP contribution in [0, 0.1) is 11.7 Å². The number of nitrogens with zero attached hydrogens (tertiary/aromatic N) is 1. The first-order valence-corrected chi connectivity index (χ1v) is 8.12. The molecule has 112 valence electrons. The Bertz CT molecular complexity index is 653. The number of carbonyl (C=O) groups excluding carboxylic acids is 1. The molecular weight excluding hydrogens is 287 g/mol. The van der Waals surface area contributed by atoms with Crippen LogP contribution in [0.3, 0.4) is 0 Å². The second kappa shape index (κ2) is 6.12. The van der Waals surface area contributed by atoms with Crippen LogP contribution in [-0.4, -0.2) is 37.5 Å². The Morgan fingerprint density at radius 3 is 3.14 bits per heavy atom. The van der Waals surface area contributed by atoms with Crippen LogP contribution >= 0.6 is 11.3 Å². The molecule has 2 heterocycles. The Labute approximate surface area is 127 Å². The van der Waals surface area contributed by atoms with E-state index in [0.717, 1.165) is 36.1 Å². The van der Waals surface area contributed by atoms with Gasteiger partial charge in [-0.1, -0.05) is 0 Å². The smallest absolute Gasteiger partial charge is 0.263 e. The Hall–Kier alpha value is -1.46. The van der Waals surface area contributed by atoms with Crippen LogP contribution in [0.4, 0.5) is 4.39 Å². The first-order valence-electron chi connectivity index (χ1n) is 7.30. The molecule has 0 spiro atoms. The SMILES string of the molecule is CNC[C@@H]1CCCN(C(=O)c2cc3cc(F)ccc3s2)C1. The Morgan fingerprint density at radius 1 is 1.48 bits per heavy atom. The minimum atomic E-state index is -0.258. The second-order valence-electron chi connectivity index (χ2n) is 5.61. The van der Waals surface area contributed by atoms with Gasteiger partial charge in [-0.05, 0) is 62.0 Å². The molecule has 5 heteroatoms. The molecule has 3 nitrogen and oxygen atoms in total. The Kier molecular flexibility index (Phi) is 4.22. The molecule has 0 saturated carbocycles. The van der Waals surface area contributed by atoms with Crippen LogP contribution < -0.4 is 5.32 Å². The average molecular weight is 306 g/mol. The van der Waals surface area contributed by atoms with Crippen LogP contribution in [0.5, 0.6) is 0 Å². The quantitative estimate of drug-likeness (QED) is 0.945. The van der Waals surface area contributed by atoms with E-state index in [1.807, 2.05) is 18.0 Å². The molecule has 0 unspecified atom stereocenters. The largest absolute Gasteiger partial charge is 0.338 e. The minimum Gasteiger partial charge on any atom is -0.338 e. The van der Waals surface area contributed by atoms with E-state index >= 15 is 0 Å². The lowest BCUT2D eigenvalue weighted by molar-refractivity contribution is 0.0679. The van der Waals surface area contributed by atoms with Gasteiger partial charge in [-0.15, -0.1) is 11.3 Å². The molecule has 0 bridgehead atoms. The van der Waals surface area contributed by atoms with E-state index in [1.54, 1.807) is 6.07 Å². The third kappa shape index (κ3) is 3.09. The first-order chi connectivity index (χ1) is 10.2. The monoisotopic (exact) mass is 306 g/mol. The number of fused-ring (bicyclic) bond motifs is 1. The minimum absolute atomic E-state index is 0.0809. The average Bonchev–Trinajstić information content (AvgIpc) is 2.90. The van der Waals surface area contributed by atoms with E-state index in [0.29, 0.717) is 10.8 Å². The predicted octanol–water partition coefficient (Wildman–Crippen LogP) is 3.11. The van der Waals surface area contributed by atoms with Gasteiger partial charge >= 0.3 is 0 Å². The fourth-order valence-corrected chi connectivity index (χ4v) is 3.99. The lowest BCUT2D eigenvalue weighted by Crippen LogP contribution is -2.42. The summed E-state index contributed by atoms with van der Waals surface area (Å²) in [6, 6.07) is 6.48. The van der Waals surface area contributed by atoms with Crippen molar-refractivity contribution in [1.82, 2.24) is 10.2 Å². The molecule has 1 aromatic heterocycles. The number of carbonyl (C=O) groups is 1. The molecule has 1 atom stereocenters. The number of halogens is 1. The third-order valence-electron chi connectivity index (χ3n) is 3.99. The summed E-state index contributed by atoms with van der Waals surface area (Å²) in [5.74, 6) is 0.350. The lowest BCUT2D eigenvalue weighted by atomic mass is 9.98. The topological polar surface area (TPSA) is 32.3 Å². The van der Waals surface area contributed by atoms with E-state index < -0.39 is 0 Å². The molecule has 1 aliphatic rings. The summed E-state index contributed by atoms with van der Waals surface area (Å²) in [5.41, 5.74) is 0. The number of likely N-dealkylation sites (tertiary alicyclic amines) is 1. The Morgan fingerprint density at radius 2 is 2.33 bits per heavy atom. The zero-order valence-corrected chi connectivity index (χ0v) is 12.9. The zero-order chi connectivity index (χ0) is 14.8. The number of thiophene rings is 1. The summed E-state index contributed by atoms with van der Waals surface area (Å²) in [5, 5.41) is 4.00. The molecule has 1 amide bonds. The molecule has 0 aliphatic carbocycles. The van der Waals surface area contributed by atoms with Gasteiger partial charge in [-0.25, -0.2) is 4.39 Å². The maximum atomic E-state index is 13.2. The number of rotatable bonds is 3. The second-order valence-corrected chi connectivity index (χ2v) is 6.69. The summed E-state index contributed by atoms with van der Waals surface area (Å²) in [7, 11) is 1.95. The first kappa shape index (κ1) is 14.5. The highest BCUT2D eigenvalue weighted by Gasteiger charge is 2.25. The fourth-order valence-electron chi connectivity index (χ4n) is 2.98. The molecule has 1 aromatic carbocycles. The van der Waals surface area contributed by atoms with E-state index in [9.17, 15) is 9.18 Å². The van der Waals surface area contributed by atoms with Gasteiger partial charge in [-0.2, -0.15) is 0 Å². The molecule has 1 aliphatic heterocycles. The van der Waals surface area contributed by atoms with Gasteiger partial charge in [0.15, 0.2) is 0 Å². The van der Waals surface area contributed by atoms with Gasteiger partial charge in [0.1, 0.15) is 5.82 Å². The highest BCUT2D eigenvalue weighted by atomic mass is 32.1. The van der Waals surface area contributed by atoms with Gasteiger partial charge in [0.05, 0.1) is 4.88 Å². The normalized spacial score (nSPS) is 19.1. The fraction of sp³-hybridized carbons (Fsp3) is 0.438. The van der Waals surface area contributed by atoms with Crippen molar-refractivity contribution in [2.24, 2.45) is 5.92 Å². The van der Waals surface area contributed by atoms with Crippen molar-refractivity contribution < 1.29 is 9.18 Å². The van der Waals surface area contributed by atoms with Crippen molar-refractivity contribution in [2.45, 2.75) is 12.8 Å². The summed E-state index contributed by atoms with van der Waals surface area (Å²) >= 11 is 1.45. The third-order valence-corrected chi connectivity index (χ3v) is 5.09. The van der Waals surface area contributed by atoms with Crippen molar-refractivity contribution in [1.29, 1.82) is 0 Å². The molecule has 0 radical (unpaired) electrons. The summed E-state index contributed by atoms with van der Waals surface area (Å²) in [4.78, 5) is 15.3. The van der Waals surface area contributed by atoms with Gasteiger partial charge in [0.2, 0.25) is 0 Å². The number of amides is 1. The number of benzene rings is 1. The van der Waals surface area contributed by atoms with Crippen molar-refractivity contribution in [3.63, 3.8) is 0 Å². The lowest BCUT2D eigenvalue weighted by Gasteiger charge is -2.32. The van der Waals surface area contributed by atoms with Gasteiger partial charge in [0.25, 0.3) is 5.91 Å². The molecule has 3 rings (SSSR count). The summed E-state index contributed by atoms with van der Waals surface area (Å²) in [6.45, 7) is 2.57. The molecule has 1 N–H and O–H groups in total. The van der Waals surface area contributed by atoms with E-state index in [2.05, 4.69) is 5.32 Å². The molecule has 21 heavy (non-hydrogen) atoms. The number of hydrogen-bond donors (Lipinski definition) is 1. The van der Waals surface area contributed by atoms with Crippen LogP contribution in [0.15, 0.2) is 24.3 Å². The highest BCUT2D eigenvalue weighted by Crippen LogP contribution is 2.28. The van der Waals surface area contributed by atoms with Crippen molar-refractivity contribution in [3.8, 4) is 0 Å². The maximum absolute atomic E-state index is 13.2. The summed E-state index contributed by atoms with van der Waals surface area (Å²) in [6.07, 6.45) is 2.22. The van der Waals surface area contributed by atoms with E-state index in [4.69, 9.17) is 0 Å². The zero-order valence-electron chi connectivity index (χ0n) is 12.1. The molecular formula is C16H19FN2OS. The van der Waals surface area contributed by atoms with Crippen LogP contribution in [0.1, 0.15) is 22.5 Å². The van der Waals surface area contributed by atoms with Crippen LogP contribution in [-0.2, 0) is 0 Å². The standard InChI is InChI=1S/C16H19FN2OS/c1-18-9-11-3-2-6-19(10-11)16(20)15-8-12-7-13(17)4-5-14(12)21-15/h4-5,7-8,11,18H,2-3,6,9-10H2,1H3/t11-/m0/s1. The number of hydrogen-bond acceptors (Lipinski definition) is 3. The van der Waals surface area contributed by atoms with Gasteiger partial charge < -0.3 is 10.2 Å². The maximum Gasteiger partial charge on any atom is 0.263 e. The van der Waals surface area contributed by atoms with Crippen molar-refractivity contribution >= 4 is 27.3 Å². The molecule has 1 saturated heterocycles. The Balaban J connectivity index is 1.79. The summed E-state index contributed by atoms with van der Waals surface area (Å²) < 4.78 is 14.2. The van der Waals surface area contributed by atoms with E-state index in [-0.39, 0.29) is 11.7 Å². The van der Waals surface area contributed by atoms with Gasteiger partial charge in [-0.3, -0.25) is 4.79 Å². The molecule has 2 aromatic rings. The highest BCUT2D eigenvalue weighted by molar-refractivity contribution is 7.20. The van der Waals surface area contributed by atoms with Crippen molar-refractivity contribution in [2.75, 3.05) is 26.7 Å².